The van der Waals surface area contributed by atoms with Gasteiger partial charge in [0.1, 0.15) is 0 Å². The highest BCUT2D eigenvalue weighted by Crippen LogP contribution is 2.36. The molecule has 0 aliphatic rings. The van der Waals surface area contributed by atoms with Crippen LogP contribution in [0.2, 0.25) is 5.02 Å². The van der Waals surface area contributed by atoms with E-state index in [0.717, 1.165) is 23.5 Å². The summed E-state index contributed by atoms with van der Waals surface area (Å²) in [5.74, 6) is -0.849. The Hall–Kier alpha value is -2.61. The molecule has 0 bridgehead atoms. The number of nitriles is 1. The summed E-state index contributed by atoms with van der Waals surface area (Å²) in [6.07, 6.45) is -4.70. The Morgan fingerprint density at radius 1 is 1.25 bits per heavy atom. The van der Waals surface area contributed by atoms with Crippen LogP contribution in [0.5, 0.6) is 0 Å². The van der Waals surface area contributed by atoms with E-state index < -0.39 is 39.2 Å². The number of rotatable bonds is 5. The van der Waals surface area contributed by atoms with Gasteiger partial charge < -0.3 is 5.32 Å². The van der Waals surface area contributed by atoms with E-state index in [9.17, 15) is 26.4 Å². The topological polar surface area (TPSA) is 90.3 Å². The predicted octanol–water partition coefficient (Wildman–Crippen LogP) is 3.49. The van der Waals surface area contributed by atoms with Crippen molar-refractivity contribution in [1.82, 2.24) is 4.31 Å². The number of carbonyl (C=O) groups is 1. The van der Waals surface area contributed by atoms with Crippen LogP contribution in [-0.4, -0.2) is 32.2 Å². The van der Waals surface area contributed by atoms with E-state index in [2.05, 4.69) is 5.32 Å². The van der Waals surface area contributed by atoms with E-state index in [1.54, 1.807) is 0 Å². The SMILES string of the molecule is CN(CC(=O)Nc1ccc(Cl)c(C(F)(F)F)c1)S(=O)(=O)c1cccc(C#N)c1. The summed E-state index contributed by atoms with van der Waals surface area (Å²) in [4.78, 5) is 11.9. The summed E-state index contributed by atoms with van der Waals surface area (Å²) in [5, 5.41) is 10.5. The van der Waals surface area contributed by atoms with Gasteiger partial charge in [-0.15, -0.1) is 0 Å². The fourth-order valence-electron chi connectivity index (χ4n) is 2.21. The van der Waals surface area contributed by atoms with Gasteiger partial charge in [-0.25, -0.2) is 8.42 Å². The van der Waals surface area contributed by atoms with E-state index in [0.29, 0.717) is 6.07 Å². The molecule has 0 radical (unpaired) electrons. The van der Waals surface area contributed by atoms with Crippen LogP contribution in [0.3, 0.4) is 0 Å². The van der Waals surface area contributed by atoms with Crippen LogP contribution in [0.15, 0.2) is 47.4 Å². The van der Waals surface area contributed by atoms with Crippen LogP contribution in [0.4, 0.5) is 18.9 Å². The highest BCUT2D eigenvalue weighted by atomic mass is 35.5. The van der Waals surface area contributed by atoms with Crippen LogP contribution >= 0.6 is 11.6 Å². The molecule has 0 saturated heterocycles. The monoisotopic (exact) mass is 431 g/mol. The molecule has 28 heavy (non-hydrogen) atoms. The normalized spacial score (nSPS) is 11.9. The Kier molecular flexibility index (Phi) is 6.34. The van der Waals surface area contributed by atoms with Crippen molar-refractivity contribution in [2.75, 3.05) is 18.9 Å². The maximum absolute atomic E-state index is 12.9. The van der Waals surface area contributed by atoms with Crippen LogP contribution in [-0.2, 0) is 21.0 Å². The van der Waals surface area contributed by atoms with Crippen LogP contribution in [0.1, 0.15) is 11.1 Å². The molecule has 0 aliphatic carbocycles. The van der Waals surface area contributed by atoms with Crippen molar-refractivity contribution in [3.05, 3.63) is 58.6 Å². The molecule has 0 unspecified atom stereocenters. The molecule has 0 fully saturated rings. The molecule has 148 valence electrons. The predicted molar refractivity (Wildman–Crippen MR) is 96.1 cm³/mol. The van der Waals surface area contributed by atoms with Gasteiger partial charge in [0.15, 0.2) is 0 Å². The Morgan fingerprint density at radius 3 is 2.54 bits per heavy atom. The van der Waals surface area contributed by atoms with E-state index >= 15 is 0 Å². The maximum atomic E-state index is 12.9. The first kappa shape index (κ1) is 21.7. The second-order valence-corrected chi connectivity index (χ2v) is 8.09. The number of nitrogens with zero attached hydrogens (tertiary/aromatic N) is 2. The summed E-state index contributed by atoms with van der Waals surface area (Å²) in [7, 11) is -2.94. The van der Waals surface area contributed by atoms with Crippen LogP contribution < -0.4 is 5.32 Å². The van der Waals surface area contributed by atoms with Gasteiger partial charge in [-0.1, -0.05) is 17.7 Å². The lowest BCUT2D eigenvalue weighted by atomic mass is 10.2. The van der Waals surface area contributed by atoms with Gasteiger partial charge in [-0.3, -0.25) is 4.79 Å². The molecule has 1 amide bonds. The lowest BCUT2D eigenvalue weighted by Gasteiger charge is -2.17. The second-order valence-electron chi connectivity index (χ2n) is 5.64. The molecule has 2 aromatic carbocycles. The minimum absolute atomic E-state index is 0.125. The third kappa shape index (κ3) is 5.01. The number of hydrogen-bond acceptors (Lipinski definition) is 4. The first-order valence-corrected chi connectivity index (χ1v) is 9.40. The van der Waals surface area contributed by atoms with Crippen molar-refractivity contribution in [1.29, 1.82) is 5.26 Å². The fraction of sp³-hybridized carbons (Fsp3) is 0.176. The number of nitrogens with one attached hydrogen (secondary N) is 1. The third-order valence-electron chi connectivity index (χ3n) is 3.59. The Morgan fingerprint density at radius 2 is 1.93 bits per heavy atom. The summed E-state index contributed by atoms with van der Waals surface area (Å²) < 4.78 is 64.3. The van der Waals surface area contributed by atoms with E-state index in [-0.39, 0.29) is 16.1 Å². The number of anilines is 1. The molecule has 1 N–H and O–H groups in total. The number of carbonyl (C=O) groups excluding carboxylic acids is 1. The van der Waals surface area contributed by atoms with Crippen molar-refractivity contribution in [3.63, 3.8) is 0 Å². The summed E-state index contributed by atoms with van der Waals surface area (Å²) >= 11 is 5.51. The molecule has 0 spiro atoms. The van der Waals surface area contributed by atoms with E-state index in [1.807, 2.05) is 6.07 Å². The summed E-state index contributed by atoms with van der Waals surface area (Å²) in [6.45, 7) is -0.650. The van der Waals surface area contributed by atoms with E-state index in [4.69, 9.17) is 16.9 Å². The minimum atomic E-state index is -4.70. The van der Waals surface area contributed by atoms with Crippen molar-refractivity contribution < 1.29 is 26.4 Å². The molecule has 0 aliphatic heterocycles. The molecule has 6 nitrogen and oxygen atoms in total. The number of amides is 1. The Balaban J connectivity index is 2.15. The number of halogens is 4. The first-order chi connectivity index (χ1) is 12.9. The number of likely N-dealkylation sites (N-methyl/N-ethyl adjacent to an activating group) is 1. The fourth-order valence-corrected chi connectivity index (χ4v) is 3.61. The quantitative estimate of drug-likeness (QED) is 0.784. The van der Waals surface area contributed by atoms with Gasteiger partial charge >= 0.3 is 6.18 Å². The number of hydrogen-bond donors (Lipinski definition) is 1. The van der Waals surface area contributed by atoms with Gasteiger partial charge in [0.2, 0.25) is 15.9 Å². The largest absolute Gasteiger partial charge is 0.417 e. The number of sulfonamides is 1. The maximum Gasteiger partial charge on any atom is 0.417 e. The molecular formula is C17H13ClF3N3O3S. The molecular weight excluding hydrogens is 419 g/mol. The molecule has 11 heteroatoms. The smallest absolute Gasteiger partial charge is 0.325 e. The number of alkyl halides is 3. The lowest BCUT2D eigenvalue weighted by molar-refractivity contribution is -0.137. The van der Waals surface area contributed by atoms with Gasteiger partial charge in [0.25, 0.3) is 0 Å². The average molecular weight is 432 g/mol. The first-order valence-electron chi connectivity index (χ1n) is 7.58. The second kappa shape index (κ2) is 8.18. The molecule has 0 saturated carbocycles. The zero-order chi connectivity index (χ0) is 21.1. The van der Waals surface area contributed by atoms with Crippen molar-refractivity contribution in [2.45, 2.75) is 11.1 Å². The van der Waals surface area contributed by atoms with Gasteiger partial charge in [0, 0.05) is 12.7 Å². The van der Waals surface area contributed by atoms with Crippen LogP contribution in [0.25, 0.3) is 0 Å². The van der Waals surface area contributed by atoms with Gasteiger partial charge in [-0.2, -0.15) is 22.7 Å². The standard InChI is InChI=1S/C17H13ClF3N3O3S/c1-24(28(26,27)13-4-2-3-11(7-13)9-22)10-16(25)23-12-5-6-15(18)14(8-12)17(19,20)21/h2-8H,10H2,1H3,(H,23,25). The Bertz CT molecular complexity index is 1050. The molecule has 2 aromatic rings. The molecule has 2 rings (SSSR count). The molecule has 0 aromatic heterocycles. The van der Waals surface area contributed by atoms with Gasteiger partial charge in [-0.05, 0) is 36.4 Å². The molecule has 0 heterocycles. The molecule has 0 atom stereocenters. The lowest BCUT2D eigenvalue weighted by Crippen LogP contribution is -2.35. The average Bonchev–Trinajstić information content (AvgIpc) is 2.62. The zero-order valence-electron chi connectivity index (χ0n) is 14.3. The third-order valence-corrected chi connectivity index (χ3v) is 5.72. The highest BCUT2D eigenvalue weighted by Gasteiger charge is 2.33. The van der Waals surface area contributed by atoms with Crippen molar-refractivity contribution >= 4 is 33.2 Å². The van der Waals surface area contributed by atoms with Crippen molar-refractivity contribution in [3.8, 4) is 6.07 Å². The van der Waals surface area contributed by atoms with Crippen LogP contribution in [0, 0.1) is 11.3 Å². The van der Waals surface area contributed by atoms with E-state index in [1.165, 1.54) is 24.3 Å². The zero-order valence-corrected chi connectivity index (χ0v) is 15.9. The highest BCUT2D eigenvalue weighted by molar-refractivity contribution is 7.89. The Labute approximate surface area is 164 Å². The summed E-state index contributed by atoms with van der Waals surface area (Å²) in [5.41, 5.74) is -1.18. The van der Waals surface area contributed by atoms with Gasteiger partial charge in [0.05, 0.1) is 33.7 Å². The number of benzene rings is 2. The van der Waals surface area contributed by atoms with Crippen molar-refractivity contribution in [2.24, 2.45) is 0 Å². The minimum Gasteiger partial charge on any atom is -0.325 e. The summed E-state index contributed by atoms with van der Waals surface area (Å²) in [6, 6.07) is 9.83.